The van der Waals surface area contributed by atoms with E-state index in [-0.39, 0.29) is 11.7 Å². The maximum Gasteiger partial charge on any atom is 0.255 e. The largest absolute Gasteiger partial charge is 0.398 e. The zero-order chi connectivity index (χ0) is 14.0. The molecular formula is C14H12BrFN2O. The fourth-order valence-electron chi connectivity index (χ4n) is 1.57. The highest BCUT2D eigenvalue weighted by molar-refractivity contribution is 9.10. The molecule has 0 unspecified atom stereocenters. The van der Waals surface area contributed by atoms with Gasteiger partial charge in [0.05, 0.1) is 5.69 Å². The molecule has 2 rings (SSSR count). The van der Waals surface area contributed by atoms with Gasteiger partial charge in [-0.1, -0.05) is 6.07 Å². The van der Waals surface area contributed by atoms with Gasteiger partial charge in [-0.2, -0.15) is 0 Å². The van der Waals surface area contributed by atoms with Crippen molar-refractivity contribution < 1.29 is 9.18 Å². The van der Waals surface area contributed by atoms with E-state index in [9.17, 15) is 9.18 Å². The summed E-state index contributed by atoms with van der Waals surface area (Å²) in [5.74, 6) is -0.663. The number of hydrogen-bond acceptors (Lipinski definition) is 2. The summed E-state index contributed by atoms with van der Waals surface area (Å²) < 4.78 is 13.4. The molecule has 2 aromatic rings. The van der Waals surface area contributed by atoms with E-state index >= 15 is 0 Å². The number of rotatable bonds is 2. The topological polar surface area (TPSA) is 55.1 Å². The molecule has 3 nitrogen and oxygen atoms in total. The van der Waals surface area contributed by atoms with Crippen LogP contribution in [0.15, 0.2) is 40.9 Å². The standard InChI is InChI=1S/C14H12BrFN2O/c1-8-2-3-9(6-12(8)17)14(19)18-13-5-4-10(16)7-11(13)15/h2-7H,17H2,1H3,(H,18,19). The first-order valence-corrected chi connectivity index (χ1v) is 6.39. The summed E-state index contributed by atoms with van der Waals surface area (Å²) in [6.45, 7) is 1.87. The Morgan fingerprint density at radius 2 is 2.00 bits per heavy atom. The fourth-order valence-corrected chi connectivity index (χ4v) is 2.02. The maximum atomic E-state index is 12.9. The van der Waals surface area contributed by atoms with E-state index in [1.165, 1.54) is 18.2 Å². The van der Waals surface area contributed by atoms with Gasteiger partial charge in [-0.25, -0.2) is 4.39 Å². The van der Waals surface area contributed by atoms with Crippen LogP contribution < -0.4 is 11.1 Å². The third-order valence-electron chi connectivity index (χ3n) is 2.72. The number of nitrogen functional groups attached to an aromatic ring is 1. The molecule has 0 aliphatic carbocycles. The van der Waals surface area contributed by atoms with Gasteiger partial charge in [0.2, 0.25) is 0 Å². The van der Waals surface area contributed by atoms with Crippen LogP contribution in [0, 0.1) is 12.7 Å². The van der Waals surface area contributed by atoms with Gasteiger partial charge in [-0.15, -0.1) is 0 Å². The molecule has 0 saturated carbocycles. The van der Waals surface area contributed by atoms with E-state index in [0.29, 0.717) is 21.4 Å². The molecule has 19 heavy (non-hydrogen) atoms. The predicted octanol–water partition coefficient (Wildman–Crippen LogP) is 3.73. The summed E-state index contributed by atoms with van der Waals surface area (Å²) in [6.07, 6.45) is 0. The Balaban J connectivity index is 2.23. The molecule has 0 aliphatic rings. The average molecular weight is 323 g/mol. The number of halogens is 2. The molecule has 0 atom stereocenters. The zero-order valence-corrected chi connectivity index (χ0v) is 11.8. The summed E-state index contributed by atoms with van der Waals surface area (Å²) in [6, 6.07) is 9.16. The number of hydrogen-bond donors (Lipinski definition) is 2. The summed E-state index contributed by atoms with van der Waals surface area (Å²) in [5, 5.41) is 2.69. The first kappa shape index (κ1) is 13.5. The maximum absolute atomic E-state index is 12.9. The van der Waals surface area contributed by atoms with E-state index in [1.807, 2.05) is 6.92 Å². The van der Waals surface area contributed by atoms with Gasteiger partial charge in [-0.05, 0) is 58.7 Å². The fraction of sp³-hybridized carbons (Fsp3) is 0.0714. The van der Waals surface area contributed by atoms with Crippen molar-refractivity contribution in [3.8, 4) is 0 Å². The Hall–Kier alpha value is -1.88. The van der Waals surface area contributed by atoms with Crippen LogP contribution in [0.3, 0.4) is 0 Å². The molecule has 0 saturated heterocycles. The predicted molar refractivity (Wildman–Crippen MR) is 77.6 cm³/mol. The smallest absolute Gasteiger partial charge is 0.255 e. The lowest BCUT2D eigenvalue weighted by atomic mass is 10.1. The molecule has 3 N–H and O–H groups in total. The van der Waals surface area contributed by atoms with Crippen LogP contribution in [0.5, 0.6) is 0 Å². The van der Waals surface area contributed by atoms with Crippen LogP contribution in [0.25, 0.3) is 0 Å². The van der Waals surface area contributed by atoms with E-state index < -0.39 is 0 Å². The third kappa shape index (κ3) is 3.12. The number of aryl methyl sites for hydroxylation is 1. The van der Waals surface area contributed by atoms with Crippen molar-refractivity contribution in [3.63, 3.8) is 0 Å². The lowest BCUT2D eigenvalue weighted by Crippen LogP contribution is -2.12. The van der Waals surface area contributed by atoms with Crippen molar-refractivity contribution in [2.75, 3.05) is 11.1 Å². The lowest BCUT2D eigenvalue weighted by molar-refractivity contribution is 0.102. The Kier molecular flexibility index (Phi) is 3.85. The SMILES string of the molecule is Cc1ccc(C(=O)Nc2ccc(F)cc2Br)cc1N. The van der Waals surface area contributed by atoms with Crippen molar-refractivity contribution >= 4 is 33.2 Å². The van der Waals surface area contributed by atoms with E-state index in [1.54, 1.807) is 18.2 Å². The molecule has 0 bridgehead atoms. The number of benzene rings is 2. The molecule has 0 fully saturated rings. The molecule has 98 valence electrons. The molecule has 0 heterocycles. The zero-order valence-electron chi connectivity index (χ0n) is 10.2. The molecule has 2 aromatic carbocycles. The van der Waals surface area contributed by atoms with Crippen LogP contribution in [-0.2, 0) is 0 Å². The van der Waals surface area contributed by atoms with Crippen molar-refractivity contribution in [3.05, 3.63) is 57.8 Å². The van der Waals surface area contributed by atoms with Gasteiger partial charge in [0, 0.05) is 15.7 Å². The molecule has 5 heteroatoms. The van der Waals surface area contributed by atoms with Gasteiger partial charge in [0.25, 0.3) is 5.91 Å². The minimum Gasteiger partial charge on any atom is -0.398 e. The summed E-state index contributed by atoms with van der Waals surface area (Å²) in [5.41, 5.74) is 8.20. The molecule has 0 spiro atoms. The Morgan fingerprint density at radius 1 is 1.26 bits per heavy atom. The summed E-state index contributed by atoms with van der Waals surface area (Å²) >= 11 is 3.19. The second-order valence-corrected chi connectivity index (χ2v) is 5.00. The van der Waals surface area contributed by atoms with E-state index in [4.69, 9.17) is 5.73 Å². The van der Waals surface area contributed by atoms with Crippen LogP contribution in [0.4, 0.5) is 15.8 Å². The van der Waals surface area contributed by atoms with Gasteiger partial charge in [0.15, 0.2) is 0 Å². The van der Waals surface area contributed by atoms with Crippen molar-refractivity contribution in [1.29, 1.82) is 0 Å². The Morgan fingerprint density at radius 3 is 2.63 bits per heavy atom. The van der Waals surface area contributed by atoms with Crippen LogP contribution >= 0.6 is 15.9 Å². The molecular weight excluding hydrogens is 311 g/mol. The quantitative estimate of drug-likeness (QED) is 0.828. The lowest BCUT2D eigenvalue weighted by Gasteiger charge is -2.08. The molecule has 0 aromatic heterocycles. The van der Waals surface area contributed by atoms with Crippen molar-refractivity contribution in [2.24, 2.45) is 0 Å². The second kappa shape index (κ2) is 5.40. The monoisotopic (exact) mass is 322 g/mol. The number of nitrogens with one attached hydrogen (secondary N) is 1. The first-order valence-electron chi connectivity index (χ1n) is 5.60. The number of carbonyl (C=O) groups is 1. The van der Waals surface area contributed by atoms with Gasteiger partial charge in [0.1, 0.15) is 5.82 Å². The van der Waals surface area contributed by atoms with Crippen LogP contribution in [0.2, 0.25) is 0 Å². The van der Waals surface area contributed by atoms with Gasteiger partial charge in [-0.3, -0.25) is 4.79 Å². The minimum absolute atomic E-state index is 0.293. The van der Waals surface area contributed by atoms with Crippen molar-refractivity contribution in [1.82, 2.24) is 0 Å². The van der Waals surface area contributed by atoms with Gasteiger partial charge < -0.3 is 11.1 Å². The Labute approximate surface area is 118 Å². The van der Waals surface area contributed by atoms with Crippen LogP contribution in [-0.4, -0.2) is 5.91 Å². The van der Waals surface area contributed by atoms with Gasteiger partial charge >= 0.3 is 0 Å². The molecule has 1 amide bonds. The third-order valence-corrected chi connectivity index (χ3v) is 3.38. The average Bonchev–Trinajstić information content (AvgIpc) is 2.36. The second-order valence-electron chi connectivity index (χ2n) is 4.15. The number of anilines is 2. The van der Waals surface area contributed by atoms with E-state index in [2.05, 4.69) is 21.2 Å². The summed E-state index contributed by atoms with van der Waals surface area (Å²) in [4.78, 5) is 12.0. The number of nitrogens with two attached hydrogens (primary N) is 1. The molecule has 0 radical (unpaired) electrons. The normalized spacial score (nSPS) is 10.3. The molecule has 0 aliphatic heterocycles. The highest BCUT2D eigenvalue weighted by Crippen LogP contribution is 2.24. The highest BCUT2D eigenvalue weighted by atomic mass is 79.9. The minimum atomic E-state index is -0.371. The first-order chi connectivity index (χ1) is 8.97. The highest BCUT2D eigenvalue weighted by Gasteiger charge is 2.09. The van der Waals surface area contributed by atoms with Crippen molar-refractivity contribution in [2.45, 2.75) is 6.92 Å². The Bertz CT molecular complexity index is 643. The van der Waals surface area contributed by atoms with Crippen LogP contribution in [0.1, 0.15) is 15.9 Å². The summed E-state index contributed by atoms with van der Waals surface area (Å²) in [7, 11) is 0. The van der Waals surface area contributed by atoms with E-state index in [0.717, 1.165) is 5.56 Å². The number of carbonyl (C=O) groups excluding carboxylic acids is 1. The number of amides is 1.